The van der Waals surface area contributed by atoms with Crippen molar-refractivity contribution in [2.24, 2.45) is 4.99 Å². The number of ether oxygens (including phenoxy) is 3. The minimum absolute atomic E-state index is 0.119. The fraction of sp³-hybridized carbons (Fsp3) is 0.357. The Hall–Kier alpha value is -3.82. The molecule has 9 heteroatoms. The Balaban J connectivity index is 1.45. The van der Waals surface area contributed by atoms with Gasteiger partial charge in [-0.15, -0.1) is 0 Å². The first-order valence-electron chi connectivity index (χ1n) is 12.5. The summed E-state index contributed by atoms with van der Waals surface area (Å²) in [5.74, 6) is 1.96. The van der Waals surface area contributed by atoms with Crippen molar-refractivity contribution in [1.82, 2.24) is 15.1 Å². The summed E-state index contributed by atoms with van der Waals surface area (Å²) in [6, 6.07) is 11.2. The molecule has 2 aromatic carbocycles. The largest absolute Gasteiger partial charge is 0.493 e. The molecule has 37 heavy (non-hydrogen) atoms. The molecule has 2 atom stereocenters. The van der Waals surface area contributed by atoms with E-state index in [9.17, 15) is 4.79 Å². The average molecular weight is 504 g/mol. The van der Waals surface area contributed by atoms with Gasteiger partial charge in [0, 0.05) is 55.7 Å². The number of hydrogen-bond acceptors (Lipinski definition) is 8. The normalized spacial score (nSPS) is 20.8. The van der Waals surface area contributed by atoms with Gasteiger partial charge < -0.3 is 29.7 Å². The van der Waals surface area contributed by atoms with Gasteiger partial charge in [0.05, 0.1) is 27.4 Å². The lowest BCUT2D eigenvalue weighted by molar-refractivity contribution is 0.102. The summed E-state index contributed by atoms with van der Waals surface area (Å²) in [5.41, 5.74) is 2.11. The molecule has 2 unspecified atom stereocenters. The van der Waals surface area contributed by atoms with Crippen molar-refractivity contribution in [2.45, 2.75) is 12.1 Å². The van der Waals surface area contributed by atoms with E-state index in [0.29, 0.717) is 22.8 Å². The maximum atomic E-state index is 13.4. The number of fused-ring (bicyclic) bond motifs is 1. The lowest BCUT2D eigenvalue weighted by atomic mass is 9.97. The molecule has 3 heterocycles. The minimum Gasteiger partial charge on any atom is -0.493 e. The van der Waals surface area contributed by atoms with Crippen LogP contribution in [0.25, 0.3) is 0 Å². The van der Waals surface area contributed by atoms with Gasteiger partial charge in [-0.3, -0.25) is 14.7 Å². The van der Waals surface area contributed by atoms with Gasteiger partial charge in [0.25, 0.3) is 5.91 Å². The Morgan fingerprint density at radius 3 is 2.49 bits per heavy atom. The van der Waals surface area contributed by atoms with Crippen molar-refractivity contribution in [2.75, 3.05) is 59.4 Å². The number of carbonyl (C=O) groups is 1. The van der Waals surface area contributed by atoms with Crippen LogP contribution in [0.15, 0.2) is 65.8 Å². The fourth-order valence-electron chi connectivity index (χ4n) is 5.12. The number of piperazine rings is 1. The summed E-state index contributed by atoms with van der Waals surface area (Å²) in [4.78, 5) is 23.3. The van der Waals surface area contributed by atoms with Crippen LogP contribution >= 0.6 is 0 Å². The first-order valence-corrected chi connectivity index (χ1v) is 12.5. The van der Waals surface area contributed by atoms with Crippen molar-refractivity contribution < 1.29 is 19.0 Å². The lowest BCUT2D eigenvalue weighted by Gasteiger charge is -2.35. The highest BCUT2D eigenvalue weighted by Gasteiger charge is 2.38. The summed E-state index contributed by atoms with van der Waals surface area (Å²) in [6.07, 6.45) is 8.20. The molecular formula is C28H33N5O4. The van der Waals surface area contributed by atoms with Crippen LogP contribution in [0.2, 0.25) is 0 Å². The van der Waals surface area contributed by atoms with Gasteiger partial charge in [0.15, 0.2) is 11.5 Å². The Kier molecular flexibility index (Phi) is 7.43. The van der Waals surface area contributed by atoms with Crippen LogP contribution in [-0.2, 0) is 0 Å². The Morgan fingerprint density at radius 1 is 1.05 bits per heavy atom. The monoisotopic (exact) mass is 503 g/mol. The number of nitrogens with one attached hydrogen (secondary N) is 2. The van der Waals surface area contributed by atoms with Gasteiger partial charge in [-0.2, -0.15) is 0 Å². The third kappa shape index (κ3) is 5.05. The standard InChI is InChI=1S/C28H33N5O4/c1-35-23-16-19(17-24(36-2)27(23)37-3)28(34)30-21-9-5-4-8-20(21)26-22(18-32-14-11-29-12-15-32)33-13-7-6-10-25(33)31-26/h4-10,13,16-17,22,26,29H,11-12,14-15,18H2,1-3H3,(H,30,34). The quantitative estimate of drug-likeness (QED) is 0.573. The molecule has 2 N–H and O–H groups in total. The van der Waals surface area contributed by atoms with Crippen LogP contribution in [0.1, 0.15) is 22.0 Å². The number of nitrogens with zero attached hydrogens (tertiary/aromatic N) is 3. The maximum absolute atomic E-state index is 13.4. The van der Waals surface area contributed by atoms with E-state index in [-0.39, 0.29) is 18.0 Å². The predicted molar refractivity (Wildman–Crippen MR) is 144 cm³/mol. The van der Waals surface area contributed by atoms with Gasteiger partial charge in [-0.1, -0.05) is 24.3 Å². The number of allylic oxidation sites excluding steroid dienone is 2. The zero-order valence-electron chi connectivity index (χ0n) is 21.4. The van der Waals surface area contributed by atoms with Crippen LogP contribution < -0.4 is 24.8 Å². The number of aliphatic imine (C=N–C) groups is 1. The zero-order valence-corrected chi connectivity index (χ0v) is 21.4. The molecule has 0 spiro atoms. The minimum atomic E-state index is -0.270. The summed E-state index contributed by atoms with van der Waals surface area (Å²) >= 11 is 0. The van der Waals surface area contributed by atoms with Crippen LogP contribution in [0, 0.1) is 0 Å². The number of para-hydroxylation sites is 1. The highest BCUT2D eigenvalue weighted by molar-refractivity contribution is 6.05. The molecule has 0 bridgehead atoms. The van der Waals surface area contributed by atoms with E-state index in [4.69, 9.17) is 19.2 Å². The van der Waals surface area contributed by atoms with Crippen molar-refractivity contribution >= 4 is 17.4 Å². The molecule has 1 fully saturated rings. The second kappa shape index (κ2) is 11.1. The third-order valence-corrected chi connectivity index (χ3v) is 6.97. The van der Waals surface area contributed by atoms with Crippen molar-refractivity contribution in [3.05, 3.63) is 72.0 Å². The molecular weight excluding hydrogens is 470 g/mol. The molecule has 9 nitrogen and oxygen atoms in total. The van der Waals surface area contributed by atoms with Crippen LogP contribution in [0.4, 0.5) is 5.69 Å². The number of hydrogen-bond donors (Lipinski definition) is 2. The summed E-state index contributed by atoms with van der Waals surface area (Å²) in [6.45, 7) is 4.87. The smallest absolute Gasteiger partial charge is 0.255 e. The third-order valence-electron chi connectivity index (χ3n) is 6.97. The number of benzene rings is 2. The van der Waals surface area contributed by atoms with Gasteiger partial charge in [-0.25, -0.2) is 0 Å². The van der Waals surface area contributed by atoms with E-state index in [0.717, 1.165) is 49.8 Å². The zero-order chi connectivity index (χ0) is 25.8. The van der Waals surface area contributed by atoms with Gasteiger partial charge in [0.1, 0.15) is 11.9 Å². The fourth-order valence-corrected chi connectivity index (χ4v) is 5.12. The highest BCUT2D eigenvalue weighted by Crippen LogP contribution is 2.40. The average Bonchev–Trinajstić information content (AvgIpc) is 3.30. The second-order valence-electron chi connectivity index (χ2n) is 9.11. The molecule has 2 aromatic rings. The molecule has 1 amide bonds. The number of carbonyl (C=O) groups excluding carboxylic acids is 1. The number of anilines is 1. The van der Waals surface area contributed by atoms with Gasteiger partial charge in [-0.05, 0) is 30.4 Å². The molecule has 0 aliphatic carbocycles. The number of methoxy groups -OCH3 is 3. The molecule has 0 saturated carbocycles. The van der Waals surface area contributed by atoms with Gasteiger partial charge in [0.2, 0.25) is 5.75 Å². The van der Waals surface area contributed by atoms with Crippen LogP contribution in [0.3, 0.4) is 0 Å². The summed E-state index contributed by atoms with van der Waals surface area (Å²) < 4.78 is 16.3. The SMILES string of the molecule is COc1cc(C(=O)Nc2ccccc2C2N=C3C=CC=CN3C2CN2CCNCC2)cc(OC)c1OC. The number of amidine groups is 1. The Labute approximate surface area is 217 Å². The number of rotatable bonds is 8. The van der Waals surface area contributed by atoms with Crippen molar-refractivity contribution in [3.8, 4) is 17.2 Å². The van der Waals surface area contributed by atoms with Crippen LogP contribution in [0.5, 0.6) is 17.2 Å². The molecule has 3 aliphatic rings. The lowest BCUT2D eigenvalue weighted by Crippen LogP contribution is -2.50. The first-order chi connectivity index (χ1) is 18.1. The maximum Gasteiger partial charge on any atom is 0.255 e. The Morgan fingerprint density at radius 2 is 1.78 bits per heavy atom. The van der Waals surface area contributed by atoms with E-state index in [1.165, 1.54) is 21.3 Å². The molecule has 0 aromatic heterocycles. The molecule has 3 aliphatic heterocycles. The predicted octanol–water partition coefficient (Wildman–Crippen LogP) is 3.08. The topological polar surface area (TPSA) is 87.7 Å². The number of amides is 1. The summed E-state index contributed by atoms with van der Waals surface area (Å²) in [5, 5.41) is 6.54. The van der Waals surface area contributed by atoms with E-state index in [2.05, 4.69) is 32.7 Å². The molecule has 1 saturated heterocycles. The Bertz CT molecular complexity index is 1210. The van der Waals surface area contributed by atoms with E-state index < -0.39 is 0 Å². The van der Waals surface area contributed by atoms with Crippen LogP contribution in [-0.4, -0.2) is 81.6 Å². The summed E-state index contributed by atoms with van der Waals surface area (Å²) in [7, 11) is 4.60. The van der Waals surface area contributed by atoms with E-state index >= 15 is 0 Å². The molecule has 5 rings (SSSR count). The first kappa shape index (κ1) is 24.9. The second-order valence-corrected chi connectivity index (χ2v) is 9.11. The molecule has 194 valence electrons. The van der Waals surface area contributed by atoms with Crippen molar-refractivity contribution in [1.29, 1.82) is 0 Å². The molecule has 0 radical (unpaired) electrons. The van der Waals surface area contributed by atoms with E-state index in [1.54, 1.807) is 12.1 Å². The van der Waals surface area contributed by atoms with Crippen molar-refractivity contribution in [3.63, 3.8) is 0 Å². The highest BCUT2D eigenvalue weighted by atomic mass is 16.5. The van der Waals surface area contributed by atoms with Gasteiger partial charge >= 0.3 is 0 Å². The van der Waals surface area contributed by atoms with E-state index in [1.807, 2.05) is 36.4 Å².